The average molecular weight is 545 g/mol. The van der Waals surface area contributed by atoms with Gasteiger partial charge in [0, 0.05) is 6.10 Å². The third-order valence-corrected chi connectivity index (χ3v) is 14.1. The Morgan fingerprint density at radius 2 is 1.56 bits per heavy atom. The monoisotopic (exact) mass is 544 g/mol. The molecule has 0 aliphatic heterocycles. The average Bonchev–Trinajstić information content (AvgIpc) is 2.91. The van der Waals surface area contributed by atoms with E-state index in [0.717, 1.165) is 32.1 Å². The van der Waals surface area contributed by atoms with E-state index in [-0.39, 0.29) is 11.1 Å². The van der Waals surface area contributed by atoms with E-state index in [1.165, 1.54) is 15.9 Å². The van der Waals surface area contributed by atoms with Gasteiger partial charge in [-0.25, -0.2) is 0 Å². The minimum Gasteiger partial charge on any atom is -0.404 e. The second-order valence-electron chi connectivity index (χ2n) is 12.9. The number of allylic oxidation sites excluding steroid dienone is 2. The van der Waals surface area contributed by atoms with Crippen LogP contribution in [0, 0.1) is 23.7 Å². The summed E-state index contributed by atoms with van der Waals surface area (Å²) in [5.41, 5.74) is 1.48. The number of hydrogen-bond donors (Lipinski definition) is 1. The molecule has 0 saturated carbocycles. The second-order valence-corrected chi connectivity index (χ2v) is 17.2. The summed E-state index contributed by atoms with van der Waals surface area (Å²) in [5, 5.41) is 12.9. The minimum absolute atomic E-state index is 0.0555. The van der Waals surface area contributed by atoms with E-state index in [2.05, 4.69) is 121 Å². The van der Waals surface area contributed by atoms with E-state index in [0.29, 0.717) is 23.7 Å². The zero-order chi connectivity index (χ0) is 28.6. The summed E-state index contributed by atoms with van der Waals surface area (Å²) >= 11 is 0. The van der Waals surface area contributed by atoms with Crippen molar-refractivity contribution in [2.45, 2.75) is 90.9 Å². The molecule has 0 aromatic heterocycles. The Hall–Kier alpha value is -2.20. The van der Waals surface area contributed by atoms with Gasteiger partial charge in [-0.15, -0.1) is 13.2 Å². The summed E-state index contributed by atoms with van der Waals surface area (Å²) in [7, 11) is -2.68. The van der Waals surface area contributed by atoms with Crippen LogP contribution in [0.25, 0.3) is 0 Å². The topological polar surface area (TPSA) is 29.5 Å². The number of aliphatic hydroxyl groups is 1. The van der Waals surface area contributed by atoms with Gasteiger partial charge in [-0.2, -0.15) is 0 Å². The molecule has 212 valence electrons. The van der Waals surface area contributed by atoms with Crippen molar-refractivity contribution >= 4 is 18.7 Å². The van der Waals surface area contributed by atoms with Crippen LogP contribution in [0.3, 0.4) is 0 Å². The van der Waals surface area contributed by atoms with Crippen LogP contribution in [0.5, 0.6) is 0 Å². The Morgan fingerprint density at radius 3 is 2.03 bits per heavy atom. The van der Waals surface area contributed by atoms with Crippen molar-refractivity contribution in [2.75, 3.05) is 0 Å². The van der Waals surface area contributed by atoms with Crippen LogP contribution in [0.15, 0.2) is 97.6 Å². The Balaban J connectivity index is 2.07. The normalized spacial score (nSPS) is 21.7. The predicted octanol–water partition coefficient (Wildman–Crippen LogP) is 8.08. The molecule has 0 amide bonds. The minimum atomic E-state index is -2.68. The summed E-state index contributed by atoms with van der Waals surface area (Å²) in [6.07, 6.45) is 10.5. The lowest BCUT2D eigenvalue weighted by Gasteiger charge is -2.47. The van der Waals surface area contributed by atoms with Crippen LogP contribution in [0.1, 0.15) is 73.6 Å². The second kappa shape index (κ2) is 13.9. The highest BCUT2D eigenvalue weighted by Gasteiger charge is 2.51. The van der Waals surface area contributed by atoms with Crippen molar-refractivity contribution in [3.63, 3.8) is 0 Å². The van der Waals surface area contributed by atoms with Crippen molar-refractivity contribution < 1.29 is 9.53 Å². The molecule has 3 rings (SSSR count). The molecule has 0 bridgehead atoms. The molecule has 3 heteroatoms. The van der Waals surface area contributed by atoms with Crippen LogP contribution in [0.2, 0.25) is 5.04 Å². The molecule has 39 heavy (non-hydrogen) atoms. The fraction of sp³-hybridized carbons (Fsp3) is 0.500. The van der Waals surface area contributed by atoms with Gasteiger partial charge in [-0.05, 0) is 78.1 Å². The van der Waals surface area contributed by atoms with Gasteiger partial charge >= 0.3 is 0 Å². The fourth-order valence-electron chi connectivity index (χ4n) is 6.91. The van der Waals surface area contributed by atoms with E-state index in [1.807, 2.05) is 6.08 Å². The van der Waals surface area contributed by atoms with Gasteiger partial charge in [0.15, 0.2) is 0 Å². The van der Waals surface area contributed by atoms with Gasteiger partial charge < -0.3 is 9.53 Å². The molecular formula is C36H52O2Si. The van der Waals surface area contributed by atoms with E-state index in [4.69, 9.17) is 4.43 Å². The molecular weight excluding hydrogens is 492 g/mol. The number of rotatable bonds is 13. The molecule has 5 atom stereocenters. The van der Waals surface area contributed by atoms with Crippen molar-refractivity contribution in [1.82, 2.24) is 0 Å². The Kier molecular flexibility index (Phi) is 11.2. The summed E-state index contributed by atoms with van der Waals surface area (Å²) in [4.78, 5) is 0. The van der Waals surface area contributed by atoms with E-state index in [9.17, 15) is 5.11 Å². The molecule has 0 saturated heterocycles. The third kappa shape index (κ3) is 7.31. The molecule has 0 fully saturated rings. The zero-order valence-electron chi connectivity index (χ0n) is 25.3. The standard InChI is InChI=1S/C36H52O2Si/c1-9-17-30(26-35-28(5)22-24-33(27(3)4)34(35)25-23-29(37)10-2)38-39(36(6,7)8,31-18-13-11-14-19-31)32-20-15-12-16-21-32/h9-16,18-22,27,29-30,33-35,37H,1-2,17,23-26H2,3-8H3/t29-,30+,33+,34+,35-/m0/s1. The summed E-state index contributed by atoms with van der Waals surface area (Å²) in [6.45, 7) is 22.1. The quantitative estimate of drug-likeness (QED) is 0.204. The Morgan fingerprint density at radius 1 is 1.00 bits per heavy atom. The predicted molar refractivity (Wildman–Crippen MR) is 171 cm³/mol. The summed E-state index contributed by atoms with van der Waals surface area (Å²) in [5.74, 6) is 2.14. The highest BCUT2D eigenvalue weighted by Crippen LogP contribution is 2.45. The molecule has 1 aliphatic carbocycles. The Labute approximate surface area is 240 Å². The van der Waals surface area contributed by atoms with Crippen LogP contribution >= 0.6 is 0 Å². The first-order valence-electron chi connectivity index (χ1n) is 14.9. The van der Waals surface area contributed by atoms with Crippen LogP contribution < -0.4 is 10.4 Å². The first kappa shape index (κ1) is 31.3. The van der Waals surface area contributed by atoms with Crippen LogP contribution in [-0.2, 0) is 4.43 Å². The molecule has 0 unspecified atom stereocenters. The first-order valence-corrected chi connectivity index (χ1v) is 16.8. The van der Waals surface area contributed by atoms with Gasteiger partial charge in [-0.1, -0.05) is 119 Å². The summed E-state index contributed by atoms with van der Waals surface area (Å²) < 4.78 is 7.63. The maximum Gasteiger partial charge on any atom is 0.261 e. The maximum atomic E-state index is 10.4. The number of benzene rings is 2. The van der Waals surface area contributed by atoms with Gasteiger partial charge in [0.1, 0.15) is 0 Å². The SMILES string of the molecule is C=CC[C@H](C[C@H]1C(C)=CC[C@H](C(C)C)[C@H]1CC[C@@H](O)C=C)O[Si](c1ccccc1)(c1ccccc1)C(C)(C)C. The van der Waals surface area contributed by atoms with Gasteiger partial charge in [0.05, 0.1) is 6.10 Å². The van der Waals surface area contributed by atoms with Crippen molar-refractivity contribution in [3.8, 4) is 0 Å². The van der Waals surface area contributed by atoms with E-state index in [1.54, 1.807) is 6.08 Å². The number of aliphatic hydroxyl groups excluding tert-OH is 1. The van der Waals surface area contributed by atoms with Gasteiger partial charge in [0.25, 0.3) is 8.32 Å². The number of hydrogen-bond acceptors (Lipinski definition) is 2. The third-order valence-electron chi connectivity index (χ3n) is 8.99. The van der Waals surface area contributed by atoms with Crippen LogP contribution in [0.4, 0.5) is 0 Å². The maximum absolute atomic E-state index is 10.4. The molecule has 0 heterocycles. The molecule has 2 aromatic rings. The lowest BCUT2D eigenvalue weighted by atomic mass is 9.65. The molecule has 0 spiro atoms. The molecule has 1 N–H and O–H groups in total. The molecule has 0 radical (unpaired) electrons. The largest absolute Gasteiger partial charge is 0.404 e. The lowest BCUT2D eigenvalue weighted by Crippen LogP contribution is -2.67. The van der Waals surface area contributed by atoms with E-state index < -0.39 is 14.4 Å². The summed E-state index contributed by atoms with van der Waals surface area (Å²) in [6, 6.07) is 21.9. The first-order chi connectivity index (χ1) is 18.5. The van der Waals surface area contributed by atoms with Gasteiger partial charge in [-0.3, -0.25) is 0 Å². The zero-order valence-corrected chi connectivity index (χ0v) is 26.3. The fourth-order valence-corrected chi connectivity index (χ4v) is 11.6. The molecule has 2 aromatic carbocycles. The lowest BCUT2D eigenvalue weighted by molar-refractivity contribution is 0.0963. The van der Waals surface area contributed by atoms with Crippen molar-refractivity contribution in [1.29, 1.82) is 0 Å². The van der Waals surface area contributed by atoms with E-state index >= 15 is 0 Å². The molecule has 1 aliphatic rings. The van der Waals surface area contributed by atoms with Gasteiger partial charge in [0.2, 0.25) is 0 Å². The molecule has 2 nitrogen and oxygen atoms in total. The highest BCUT2D eigenvalue weighted by atomic mass is 28.4. The highest BCUT2D eigenvalue weighted by molar-refractivity contribution is 6.99. The van der Waals surface area contributed by atoms with Crippen molar-refractivity contribution in [3.05, 3.63) is 97.6 Å². The van der Waals surface area contributed by atoms with Crippen LogP contribution in [-0.4, -0.2) is 25.6 Å². The van der Waals surface area contributed by atoms with Crippen molar-refractivity contribution in [2.24, 2.45) is 23.7 Å². The smallest absolute Gasteiger partial charge is 0.261 e. The Bertz CT molecular complexity index is 1030.